The van der Waals surface area contributed by atoms with E-state index in [0.717, 1.165) is 41.8 Å². The molecule has 1 aromatic carbocycles. The molecule has 0 unspecified atom stereocenters. The van der Waals surface area contributed by atoms with Crippen LogP contribution < -0.4 is 5.32 Å². The first-order chi connectivity index (χ1) is 9.54. The van der Waals surface area contributed by atoms with Crippen LogP contribution in [0.25, 0.3) is 0 Å². The molecule has 0 spiro atoms. The molecule has 1 aliphatic rings. The van der Waals surface area contributed by atoms with E-state index in [1.807, 2.05) is 25.1 Å². The van der Waals surface area contributed by atoms with Crippen LogP contribution in [0.2, 0.25) is 5.02 Å². The second kappa shape index (κ2) is 6.59. The van der Waals surface area contributed by atoms with E-state index in [4.69, 9.17) is 11.6 Å². The number of halogens is 1. The first-order valence-corrected chi connectivity index (χ1v) is 7.59. The molecule has 2 N–H and O–H groups in total. The van der Waals surface area contributed by atoms with Gasteiger partial charge in [-0.05, 0) is 43.4 Å². The zero-order chi connectivity index (χ0) is 14.6. The number of aliphatic hydroxyl groups excluding tert-OH is 1. The SMILES string of the molecule is Cc1ccc(CCC(=O)NC2(CO)CCCC2)cc1Cl. The van der Waals surface area contributed by atoms with E-state index in [9.17, 15) is 9.90 Å². The molecule has 2 rings (SSSR count). The molecule has 4 heteroatoms. The predicted molar refractivity (Wildman–Crippen MR) is 80.9 cm³/mol. The molecule has 1 aromatic rings. The molecule has 1 saturated carbocycles. The van der Waals surface area contributed by atoms with E-state index in [0.29, 0.717) is 12.8 Å². The van der Waals surface area contributed by atoms with Crippen molar-refractivity contribution < 1.29 is 9.90 Å². The van der Waals surface area contributed by atoms with Gasteiger partial charge in [-0.25, -0.2) is 0 Å². The molecule has 110 valence electrons. The summed E-state index contributed by atoms with van der Waals surface area (Å²) in [6.45, 7) is 2.00. The highest BCUT2D eigenvalue weighted by atomic mass is 35.5. The van der Waals surface area contributed by atoms with Crippen molar-refractivity contribution in [3.05, 3.63) is 34.3 Å². The minimum Gasteiger partial charge on any atom is -0.394 e. The molecule has 3 nitrogen and oxygen atoms in total. The molecule has 0 saturated heterocycles. The van der Waals surface area contributed by atoms with Gasteiger partial charge >= 0.3 is 0 Å². The lowest BCUT2D eigenvalue weighted by atomic mass is 9.98. The van der Waals surface area contributed by atoms with Gasteiger partial charge in [0.1, 0.15) is 0 Å². The number of hydrogen-bond donors (Lipinski definition) is 2. The third-order valence-corrected chi connectivity index (χ3v) is 4.55. The molecule has 20 heavy (non-hydrogen) atoms. The minimum absolute atomic E-state index is 0.0117. The second-order valence-corrected chi connectivity index (χ2v) is 6.18. The standard InChI is InChI=1S/C16H22ClNO2/c1-12-4-5-13(10-14(12)17)6-7-15(20)18-16(11-19)8-2-3-9-16/h4-5,10,19H,2-3,6-9,11H2,1H3,(H,18,20). The lowest BCUT2D eigenvalue weighted by Crippen LogP contribution is -2.49. The Labute approximate surface area is 125 Å². The van der Waals surface area contributed by atoms with Crippen molar-refractivity contribution in [2.75, 3.05) is 6.61 Å². The van der Waals surface area contributed by atoms with Gasteiger partial charge in [-0.2, -0.15) is 0 Å². The highest BCUT2D eigenvalue weighted by molar-refractivity contribution is 6.31. The van der Waals surface area contributed by atoms with Crippen LogP contribution in [-0.4, -0.2) is 23.2 Å². The number of benzene rings is 1. The van der Waals surface area contributed by atoms with Gasteiger partial charge in [-0.3, -0.25) is 4.79 Å². The highest BCUT2D eigenvalue weighted by Crippen LogP contribution is 2.29. The van der Waals surface area contributed by atoms with Crippen LogP contribution in [0.1, 0.15) is 43.2 Å². The Hall–Kier alpha value is -1.06. The Balaban J connectivity index is 1.87. The Kier molecular flexibility index (Phi) is 5.06. The average molecular weight is 296 g/mol. The van der Waals surface area contributed by atoms with Crippen molar-refractivity contribution in [2.24, 2.45) is 0 Å². The van der Waals surface area contributed by atoms with Gasteiger partial charge in [0.25, 0.3) is 0 Å². The normalized spacial score (nSPS) is 17.1. The van der Waals surface area contributed by atoms with Crippen LogP contribution in [-0.2, 0) is 11.2 Å². The lowest BCUT2D eigenvalue weighted by molar-refractivity contribution is -0.123. The first-order valence-electron chi connectivity index (χ1n) is 7.22. The number of hydrogen-bond acceptors (Lipinski definition) is 2. The number of rotatable bonds is 5. The molecular weight excluding hydrogens is 274 g/mol. The van der Waals surface area contributed by atoms with Gasteiger partial charge in [0.15, 0.2) is 0 Å². The summed E-state index contributed by atoms with van der Waals surface area (Å²) in [5, 5.41) is 13.2. The monoisotopic (exact) mass is 295 g/mol. The fourth-order valence-corrected chi connectivity index (χ4v) is 2.99. The molecule has 1 fully saturated rings. The zero-order valence-electron chi connectivity index (χ0n) is 11.9. The number of nitrogens with one attached hydrogen (secondary N) is 1. The summed E-state index contributed by atoms with van der Waals surface area (Å²) < 4.78 is 0. The summed E-state index contributed by atoms with van der Waals surface area (Å²) >= 11 is 6.08. The second-order valence-electron chi connectivity index (χ2n) is 5.78. The van der Waals surface area contributed by atoms with Crippen LogP contribution in [0.3, 0.4) is 0 Å². The van der Waals surface area contributed by atoms with E-state index in [1.165, 1.54) is 0 Å². The number of aryl methyl sites for hydroxylation is 2. The van der Waals surface area contributed by atoms with Crippen molar-refractivity contribution in [1.29, 1.82) is 0 Å². The van der Waals surface area contributed by atoms with Gasteiger partial charge in [0.05, 0.1) is 12.1 Å². The fraction of sp³-hybridized carbons (Fsp3) is 0.562. The summed E-state index contributed by atoms with van der Waals surface area (Å²) in [7, 11) is 0. The van der Waals surface area contributed by atoms with E-state index < -0.39 is 0 Å². The van der Waals surface area contributed by atoms with E-state index in [1.54, 1.807) is 0 Å². The molecule has 0 aromatic heterocycles. The maximum Gasteiger partial charge on any atom is 0.220 e. The molecule has 0 aliphatic heterocycles. The maximum absolute atomic E-state index is 12.0. The summed E-state index contributed by atoms with van der Waals surface area (Å²) in [6.07, 6.45) is 5.02. The van der Waals surface area contributed by atoms with Gasteiger partial charge < -0.3 is 10.4 Å². The van der Waals surface area contributed by atoms with E-state index in [-0.39, 0.29) is 18.1 Å². The summed E-state index contributed by atoms with van der Waals surface area (Å²) in [5.41, 5.74) is 1.74. The van der Waals surface area contributed by atoms with Crippen LogP contribution >= 0.6 is 11.6 Å². The Morgan fingerprint density at radius 3 is 2.70 bits per heavy atom. The molecule has 1 amide bonds. The van der Waals surface area contributed by atoms with Crippen LogP contribution in [0, 0.1) is 6.92 Å². The topological polar surface area (TPSA) is 49.3 Å². The van der Waals surface area contributed by atoms with Gasteiger partial charge in [0.2, 0.25) is 5.91 Å². The smallest absolute Gasteiger partial charge is 0.220 e. The molecule has 0 heterocycles. The van der Waals surface area contributed by atoms with Crippen molar-refractivity contribution in [3.63, 3.8) is 0 Å². The average Bonchev–Trinajstić information content (AvgIpc) is 2.89. The highest BCUT2D eigenvalue weighted by Gasteiger charge is 2.34. The third-order valence-electron chi connectivity index (χ3n) is 4.14. The van der Waals surface area contributed by atoms with E-state index in [2.05, 4.69) is 5.32 Å². The number of amides is 1. The molecule has 0 bridgehead atoms. The Morgan fingerprint density at radius 2 is 2.10 bits per heavy atom. The molecule has 0 radical (unpaired) electrons. The van der Waals surface area contributed by atoms with Crippen molar-refractivity contribution in [3.8, 4) is 0 Å². The molecular formula is C16H22ClNO2. The van der Waals surface area contributed by atoms with Gasteiger partial charge in [-0.15, -0.1) is 0 Å². The first kappa shape index (κ1) is 15.3. The van der Waals surface area contributed by atoms with E-state index >= 15 is 0 Å². The van der Waals surface area contributed by atoms with Crippen LogP contribution in [0.5, 0.6) is 0 Å². The van der Waals surface area contributed by atoms with Gasteiger partial charge in [-0.1, -0.05) is 36.6 Å². The maximum atomic E-state index is 12.0. The van der Waals surface area contributed by atoms with Crippen LogP contribution in [0.15, 0.2) is 18.2 Å². The quantitative estimate of drug-likeness (QED) is 0.877. The summed E-state index contributed by atoms with van der Waals surface area (Å²) in [6, 6.07) is 5.90. The minimum atomic E-state index is -0.373. The Morgan fingerprint density at radius 1 is 1.40 bits per heavy atom. The third kappa shape index (κ3) is 3.74. The molecule has 1 aliphatic carbocycles. The van der Waals surface area contributed by atoms with Crippen molar-refractivity contribution >= 4 is 17.5 Å². The number of carbonyl (C=O) groups is 1. The summed E-state index contributed by atoms with van der Waals surface area (Å²) in [5.74, 6) is 0.0117. The van der Waals surface area contributed by atoms with Gasteiger partial charge in [0, 0.05) is 11.4 Å². The lowest BCUT2D eigenvalue weighted by Gasteiger charge is -2.28. The number of carbonyl (C=O) groups excluding carboxylic acids is 1. The van der Waals surface area contributed by atoms with Crippen molar-refractivity contribution in [2.45, 2.75) is 51.0 Å². The predicted octanol–water partition coefficient (Wildman–Crippen LogP) is 3.00. The Bertz CT molecular complexity index is 481. The van der Waals surface area contributed by atoms with Crippen LogP contribution in [0.4, 0.5) is 0 Å². The zero-order valence-corrected chi connectivity index (χ0v) is 12.7. The summed E-state index contributed by atoms with van der Waals surface area (Å²) in [4.78, 5) is 12.0. The molecule has 0 atom stereocenters. The number of aliphatic hydroxyl groups is 1. The van der Waals surface area contributed by atoms with Crippen molar-refractivity contribution in [1.82, 2.24) is 5.32 Å². The largest absolute Gasteiger partial charge is 0.394 e. The fourth-order valence-electron chi connectivity index (χ4n) is 2.78.